The third kappa shape index (κ3) is 1.49. The topological polar surface area (TPSA) is 18.5 Å². The first-order chi connectivity index (χ1) is 5.77. The fourth-order valence-corrected chi connectivity index (χ4v) is 2.20. The monoisotopic (exact) mass is 169 g/mol. The van der Waals surface area contributed by atoms with Crippen LogP contribution in [0.15, 0.2) is 0 Å². The van der Waals surface area contributed by atoms with Crippen molar-refractivity contribution in [2.75, 3.05) is 39.8 Å². The van der Waals surface area contributed by atoms with Crippen LogP contribution in [0.2, 0.25) is 0 Å². The van der Waals surface area contributed by atoms with E-state index in [4.69, 9.17) is 0 Å². The van der Waals surface area contributed by atoms with E-state index in [1.165, 1.54) is 32.7 Å². The van der Waals surface area contributed by atoms with E-state index in [0.29, 0.717) is 0 Å². The first kappa shape index (κ1) is 8.48. The van der Waals surface area contributed by atoms with E-state index in [1.54, 1.807) is 0 Å². The Labute approximate surface area is 74.7 Å². The van der Waals surface area contributed by atoms with Gasteiger partial charge in [0.05, 0.1) is 0 Å². The van der Waals surface area contributed by atoms with Gasteiger partial charge in [-0.05, 0) is 14.0 Å². The summed E-state index contributed by atoms with van der Waals surface area (Å²) in [6.07, 6.45) is 0. The van der Waals surface area contributed by atoms with Crippen molar-refractivity contribution >= 4 is 0 Å². The molecule has 0 saturated carbocycles. The van der Waals surface area contributed by atoms with Crippen LogP contribution in [-0.2, 0) is 0 Å². The molecule has 0 aliphatic carbocycles. The zero-order chi connectivity index (χ0) is 8.55. The zero-order valence-corrected chi connectivity index (χ0v) is 8.08. The average molecular weight is 169 g/mol. The van der Waals surface area contributed by atoms with Gasteiger partial charge < -0.3 is 10.2 Å². The maximum Gasteiger partial charge on any atom is 0.0349 e. The second-order valence-electron chi connectivity index (χ2n) is 4.16. The van der Waals surface area contributed by atoms with Crippen LogP contribution in [0, 0.1) is 0 Å². The van der Waals surface area contributed by atoms with Gasteiger partial charge >= 0.3 is 0 Å². The predicted octanol–water partition coefficient (Wildman–Crippen LogP) is -0.406. The molecular formula is C9H19N3. The molecule has 2 aliphatic rings. The van der Waals surface area contributed by atoms with Gasteiger partial charge in [0.25, 0.3) is 0 Å². The molecule has 0 radical (unpaired) electrons. The third-order valence-electron chi connectivity index (χ3n) is 3.11. The zero-order valence-electron chi connectivity index (χ0n) is 8.08. The molecular weight excluding hydrogens is 150 g/mol. The van der Waals surface area contributed by atoms with Crippen molar-refractivity contribution < 1.29 is 0 Å². The van der Waals surface area contributed by atoms with E-state index >= 15 is 0 Å². The maximum atomic E-state index is 3.34. The molecule has 1 N–H and O–H groups in total. The number of likely N-dealkylation sites (N-methyl/N-ethyl adjacent to an activating group) is 1. The molecule has 0 aromatic carbocycles. The summed E-state index contributed by atoms with van der Waals surface area (Å²) in [6, 6.07) is 1.57. The summed E-state index contributed by atoms with van der Waals surface area (Å²) in [5.74, 6) is 0. The van der Waals surface area contributed by atoms with Crippen molar-refractivity contribution in [1.82, 2.24) is 15.1 Å². The van der Waals surface area contributed by atoms with Crippen LogP contribution in [0.4, 0.5) is 0 Å². The number of rotatable bonds is 1. The molecule has 3 nitrogen and oxygen atoms in total. The van der Waals surface area contributed by atoms with Crippen LogP contribution in [0.5, 0.6) is 0 Å². The summed E-state index contributed by atoms with van der Waals surface area (Å²) in [7, 11) is 2.22. The van der Waals surface area contributed by atoms with E-state index in [0.717, 1.165) is 12.1 Å². The SMILES string of the molecule is CC1CN(C)CCN1C1CNC1. The van der Waals surface area contributed by atoms with Crippen molar-refractivity contribution in [3.05, 3.63) is 0 Å². The van der Waals surface area contributed by atoms with Crippen molar-refractivity contribution in [3.8, 4) is 0 Å². The smallest absolute Gasteiger partial charge is 0.0349 e. The molecule has 0 spiro atoms. The second-order valence-corrected chi connectivity index (χ2v) is 4.16. The van der Waals surface area contributed by atoms with E-state index in [-0.39, 0.29) is 0 Å². The van der Waals surface area contributed by atoms with Gasteiger partial charge in [-0.2, -0.15) is 0 Å². The highest BCUT2D eigenvalue weighted by molar-refractivity contribution is 4.90. The Morgan fingerprint density at radius 1 is 1.25 bits per heavy atom. The highest BCUT2D eigenvalue weighted by Crippen LogP contribution is 2.14. The lowest BCUT2D eigenvalue weighted by Gasteiger charge is -2.46. The van der Waals surface area contributed by atoms with Gasteiger partial charge in [0.15, 0.2) is 0 Å². The summed E-state index contributed by atoms with van der Waals surface area (Å²) in [5, 5.41) is 3.34. The second kappa shape index (κ2) is 3.32. The average Bonchev–Trinajstić information content (AvgIpc) is 1.91. The number of nitrogens with zero attached hydrogens (tertiary/aromatic N) is 2. The molecule has 70 valence electrons. The third-order valence-corrected chi connectivity index (χ3v) is 3.11. The number of piperazine rings is 1. The Bertz CT molecular complexity index is 156. The maximum absolute atomic E-state index is 3.34. The van der Waals surface area contributed by atoms with Gasteiger partial charge in [-0.25, -0.2) is 0 Å². The fraction of sp³-hybridized carbons (Fsp3) is 1.00. The molecule has 0 bridgehead atoms. The highest BCUT2D eigenvalue weighted by atomic mass is 15.3. The standard InChI is InChI=1S/C9H19N3/c1-8-7-11(2)3-4-12(8)9-5-10-6-9/h8-10H,3-7H2,1-2H3. The number of hydrogen-bond acceptors (Lipinski definition) is 3. The first-order valence-corrected chi connectivity index (χ1v) is 4.92. The van der Waals surface area contributed by atoms with E-state index in [1.807, 2.05) is 0 Å². The quantitative estimate of drug-likeness (QED) is 0.576. The van der Waals surface area contributed by atoms with Gasteiger partial charge in [0.1, 0.15) is 0 Å². The molecule has 1 atom stereocenters. The minimum absolute atomic E-state index is 0.746. The van der Waals surface area contributed by atoms with Crippen LogP contribution >= 0.6 is 0 Å². The molecule has 0 amide bonds. The Hall–Kier alpha value is -0.120. The van der Waals surface area contributed by atoms with Crippen LogP contribution < -0.4 is 5.32 Å². The fourth-order valence-electron chi connectivity index (χ4n) is 2.20. The summed E-state index contributed by atoms with van der Waals surface area (Å²) >= 11 is 0. The lowest BCUT2D eigenvalue weighted by Crippen LogP contribution is -2.64. The van der Waals surface area contributed by atoms with Gasteiger partial charge in [0, 0.05) is 44.8 Å². The molecule has 2 heterocycles. The largest absolute Gasteiger partial charge is 0.314 e. The molecule has 0 aromatic rings. The Morgan fingerprint density at radius 3 is 2.50 bits per heavy atom. The molecule has 2 aliphatic heterocycles. The summed E-state index contributed by atoms with van der Waals surface area (Å²) in [5.41, 5.74) is 0. The summed E-state index contributed by atoms with van der Waals surface area (Å²) < 4.78 is 0. The Kier molecular flexibility index (Phi) is 2.35. The van der Waals surface area contributed by atoms with Crippen molar-refractivity contribution in [1.29, 1.82) is 0 Å². The van der Waals surface area contributed by atoms with E-state index in [2.05, 4.69) is 29.1 Å². The molecule has 2 fully saturated rings. The van der Waals surface area contributed by atoms with Crippen molar-refractivity contribution in [2.24, 2.45) is 0 Å². The van der Waals surface area contributed by atoms with Crippen molar-refractivity contribution in [2.45, 2.75) is 19.0 Å². The van der Waals surface area contributed by atoms with Gasteiger partial charge in [-0.3, -0.25) is 4.90 Å². The lowest BCUT2D eigenvalue weighted by atomic mass is 10.1. The molecule has 0 aromatic heterocycles. The van der Waals surface area contributed by atoms with Crippen LogP contribution in [0.1, 0.15) is 6.92 Å². The van der Waals surface area contributed by atoms with Gasteiger partial charge in [-0.15, -0.1) is 0 Å². The summed E-state index contributed by atoms with van der Waals surface area (Å²) in [4.78, 5) is 5.07. The van der Waals surface area contributed by atoms with Crippen LogP contribution in [0.25, 0.3) is 0 Å². The molecule has 1 unspecified atom stereocenters. The Balaban J connectivity index is 1.88. The molecule has 3 heteroatoms. The minimum atomic E-state index is 0.746. The summed E-state index contributed by atoms with van der Waals surface area (Å²) in [6.45, 7) is 8.47. The number of hydrogen-bond donors (Lipinski definition) is 1. The normalized spacial score (nSPS) is 35.0. The van der Waals surface area contributed by atoms with Gasteiger partial charge in [-0.1, -0.05) is 0 Å². The van der Waals surface area contributed by atoms with E-state index in [9.17, 15) is 0 Å². The van der Waals surface area contributed by atoms with Crippen LogP contribution in [-0.4, -0.2) is 61.7 Å². The van der Waals surface area contributed by atoms with E-state index < -0.39 is 0 Å². The molecule has 12 heavy (non-hydrogen) atoms. The highest BCUT2D eigenvalue weighted by Gasteiger charge is 2.30. The molecule has 2 rings (SSSR count). The predicted molar refractivity (Wildman–Crippen MR) is 50.3 cm³/mol. The number of nitrogens with one attached hydrogen (secondary N) is 1. The lowest BCUT2D eigenvalue weighted by molar-refractivity contribution is 0.0398. The van der Waals surface area contributed by atoms with Gasteiger partial charge in [0.2, 0.25) is 0 Å². The minimum Gasteiger partial charge on any atom is -0.314 e. The Morgan fingerprint density at radius 2 is 2.00 bits per heavy atom. The van der Waals surface area contributed by atoms with Crippen molar-refractivity contribution in [3.63, 3.8) is 0 Å². The molecule has 2 saturated heterocycles. The first-order valence-electron chi connectivity index (χ1n) is 4.92. The van der Waals surface area contributed by atoms with Crippen LogP contribution in [0.3, 0.4) is 0 Å².